The van der Waals surface area contributed by atoms with E-state index in [1.54, 1.807) is 7.11 Å². The lowest BCUT2D eigenvalue weighted by Gasteiger charge is -2.36. The maximum atomic E-state index is 5.75. The second kappa shape index (κ2) is 13.2. The molecule has 23 heavy (non-hydrogen) atoms. The van der Waals surface area contributed by atoms with E-state index in [1.165, 1.54) is 25.7 Å². The highest BCUT2D eigenvalue weighted by atomic mass is 127. The number of nitrogens with one attached hydrogen (secondary N) is 2. The van der Waals surface area contributed by atoms with Gasteiger partial charge >= 0.3 is 0 Å². The summed E-state index contributed by atoms with van der Waals surface area (Å²) in [6, 6.07) is 0. The molecule has 2 N–H and O–H groups in total. The Hall–Kier alpha value is -0.0800. The molecular weight excluding hydrogens is 405 g/mol. The van der Waals surface area contributed by atoms with E-state index in [2.05, 4.69) is 29.5 Å². The zero-order valence-electron chi connectivity index (χ0n) is 15.3. The smallest absolute Gasteiger partial charge is 0.191 e. The van der Waals surface area contributed by atoms with Crippen LogP contribution < -0.4 is 10.6 Å². The number of rotatable bonds is 9. The summed E-state index contributed by atoms with van der Waals surface area (Å²) in [5, 5.41) is 6.89. The first-order chi connectivity index (χ1) is 10.7. The van der Waals surface area contributed by atoms with Gasteiger partial charge in [-0.3, -0.25) is 4.99 Å². The Morgan fingerprint density at radius 2 is 1.96 bits per heavy atom. The summed E-state index contributed by atoms with van der Waals surface area (Å²) < 4.78 is 11.2. The van der Waals surface area contributed by atoms with Crippen LogP contribution in [0.15, 0.2) is 4.99 Å². The van der Waals surface area contributed by atoms with Gasteiger partial charge in [-0.25, -0.2) is 0 Å². The van der Waals surface area contributed by atoms with Crippen LogP contribution >= 0.6 is 24.0 Å². The summed E-state index contributed by atoms with van der Waals surface area (Å²) in [7, 11) is 3.62. The van der Waals surface area contributed by atoms with Gasteiger partial charge in [0, 0.05) is 53.3 Å². The largest absolute Gasteiger partial charge is 0.381 e. The zero-order valence-corrected chi connectivity index (χ0v) is 17.7. The highest BCUT2D eigenvalue weighted by Crippen LogP contribution is 2.23. The number of aliphatic imine (C=N–C) groups is 1. The fourth-order valence-electron chi connectivity index (χ4n) is 2.85. The maximum Gasteiger partial charge on any atom is 0.191 e. The number of methoxy groups -OCH3 is 1. The number of hydrogen-bond donors (Lipinski definition) is 2. The van der Waals surface area contributed by atoms with Crippen molar-refractivity contribution in [2.24, 2.45) is 10.9 Å². The minimum atomic E-state index is -0.123. The van der Waals surface area contributed by atoms with Gasteiger partial charge in [0.05, 0.1) is 5.60 Å². The molecule has 1 rings (SSSR count). The van der Waals surface area contributed by atoms with Gasteiger partial charge in [0.25, 0.3) is 0 Å². The topological polar surface area (TPSA) is 54.9 Å². The van der Waals surface area contributed by atoms with E-state index in [9.17, 15) is 0 Å². The van der Waals surface area contributed by atoms with Crippen molar-refractivity contribution < 1.29 is 9.47 Å². The third-order valence-electron chi connectivity index (χ3n) is 4.74. The molecule has 0 aromatic heterocycles. The zero-order chi connectivity index (χ0) is 16.3. The fraction of sp³-hybridized carbons (Fsp3) is 0.941. The molecule has 1 fully saturated rings. The van der Waals surface area contributed by atoms with Crippen molar-refractivity contribution in [3.63, 3.8) is 0 Å². The van der Waals surface area contributed by atoms with E-state index in [0.717, 1.165) is 51.0 Å². The van der Waals surface area contributed by atoms with Crippen LogP contribution in [0.1, 0.15) is 52.4 Å². The van der Waals surface area contributed by atoms with Crippen LogP contribution in [0.25, 0.3) is 0 Å². The summed E-state index contributed by atoms with van der Waals surface area (Å²) in [6.45, 7) is 7.82. The summed E-state index contributed by atoms with van der Waals surface area (Å²) in [6.07, 6.45) is 6.93. The van der Waals surface area contributed by atoms with Crippen molar-refractivity contribution in [1.29, 1.82) is 0 Å². The van der Waals surface area contributed by atoms with Crippen molar-refractivity contribution in [1.82, 2.24) is 10.6 Å². The molecule has 1 aliphatic heterocycles. The van der Waals surface area contributed by atoms with Crippen LogP contribution in [0.5, 0.6) is 0 Å². The molecule has 1 atom stereocenters. The number of halogens is 1. The Kier molecular flexibility index (Phi) is 13.2. The number of guanidine groups is 1. The molecule has 0 aliphatic carbocycles. The minimum absolute atomic E-state index is 0. The molecule has 1 heterocycles. The molecule has 0 bridgehead atoms. The van der Waals surface area contributed by atoms with Crippen molar-refractivity contribution in [2.75, 3.05) is 40.5 Å². The average Bonchev–Trinajstić information content (AvgIpc) is 2.58. The lowest BCUT2D eigenvalue weighted by Crippen LogP contribution is -2.51. The molecule has 0 amide bonds. The standard InChI is InChI=1S/C17H35N3O2.HI/c1-5-7-8-15(6-2)13-19-16(18-3)20-14-17(21-4)9-11-22-12-10-17;/h15H,5-14H2,1-4H3,(H2,18,19,20);1H. The summed E-state index contributed by atoms with van der Waals surface area (Å²) >= 11 is 0. The minimum Gasteiger partial charge on any atom is -0.381 e. The molecular formula is C17H36IN3O2. The average molecular weight is 441 g/mol. The second-order valence-corrected chi connectivity index (χ2v) is 6.22. The van der Waals surface area contributed by atoms with Crippen LogP contribution in [0, 0.1) is 5.92 Å². The van der Waals surface area contributed by atoms with Gasteiger partial charge in [-0.1, -0.05) is 33.1 Å². The molecule has 1 saturated heterocycles. The molecule has 0 saturated carbocycles. The quantitative estimate of drug-likeness (QED) is 0.328. The summed E-state index contributed by atoms with van der Waals surface area (Å²) in [5.41, 5.74) is -0.123. The Balaban J connectivity index is 0.00000484. The maximum absolute atomic E-state index is 5.75. The van der Waals surface area contributed by atoms with Crippen LogP contribution in [-0.4, -0.2) is 52.0 Å². The molecule has 138 valence electrons. The lowest BCUT2D eigenvalue weighted by molar-refractivity contribution is -0.0855. The van der Waals surface area contributed by atoms with Crippen LogP contribution in [-0.2, 0) is 9.47 Å². The van der Waals surface area contributed by atoms with Crippen molar-refractivity contribution >= 4 is 29.9 Å². The SMILES string of the molecule is CCCCC(CC)CNC(=NC)NCC1(OC)CCOCC1.I. The van der Waals surface area contributed by atoms with Gasteiger partial charge in [0.1, 0.15) is 0 Å². The molecule has 6 heteroatoms. The number of hydrogen-bond acceptors (Lipinski definition) is 3. The fourth-order valence-corrected chi connectivity index (χ4v) is 2.85. The first kappa shape index (κ1) is 22.9. The third kappa shape index (κ3) is 8.54. The predicted octanol–water partition coefficient (Wildman–Crippen LogP) is 3.18. The van der Waals surface area contributed by atoms with E-state index in [4.69, 9.17) is 9.47 Å². The number of unbranched alkanes of at least 4 members (excludes halogenated alkanes) is 1. The van der Waals surface area contributed by atoms with Crippen molar-refractivity contribution in [3.05, 3.63) is 0 Å². The Morgan fingerprint density at radius 1 is 1.26 bits per heavy atom. The molecule has 0 spiro atoms. The molecule has 5 nitrogen and oxygen atoms in total. The normalized spacial score (nSPS) is 18.9. The van der Waals surface area contributed by atoms with Gasteiger partial charge in [0.15, 0.2) is 5.96 Å². The highest BCUT2D eigenvalue weighted by Gasteiger charge is 2.32. The second-order valence-electron chi connectivity index (χ2n) is 6.22. The molecule has 0 aromatic carbocycles. The van der Waals surface area contributed by atoms with E-state index in [1.807, 2.05) is 7.05 Å². The number of ether oxygens (including phenoxy) is 2. The van der Waals surface area contributed by atoms with E-state index < -0.39 is 0 Å². The highest BCUT2D eigenvalue weighted by molar-refractivity contribution is 14.0. The summed E-state index contributed by atoms with van der Waals surface area (Å²) in [5.74, 6) is 1.59. The first-order valence-corrected chi connectivity index (χ1v) is 8.77. The van der Waals surface area contributed by atoms with Gasteiger partial charge < -0.3 is 20.1 Å². The molecule has 1 aliphatic rings. The Bertz CT molecular complexity index is 321. The van der Waals surface area contributed by atoms with Gasteiger partial charge in [-0.2, -0.15) is 0 Å². The van der Waals surface area contributed by atoms with Crippen LogP contribution in [0.2, 0.25) is 0 Å². The van der Waals surface area contributed by atoms with Crippen LogP contribution in [0.3, 0.4) is 0 Å². The monoisotopic (exact) mass is 441 g/mol. The predicted molar refractivity (Wildman–Crippen MR) is 108 cm³/mol. The van der Waals surface area contributed by atoms with Gasteiger partial charge in [-0.05, 0) is 12.3 Å². The first-order valence-electron chi connectivity index (χ1n) is 8.77. The molecule has 0 radical (unpaired) electrons. The molecule has 0 aromatic rings. The number of nitrogens with zero attached hydrogens (tertiary/aromatic N) is 1. The Labute approximate surface area is 159 Å². The third-order valence-corrected chi connectivity index (χ3v) is 4.74. The van der Waals surface area contributed by atoms with Crippen molar-refractivity contribution in [2.45, 2.75) is 58.0 Å². The summed E-state index contributed by atoms with van der Waals surface area (Å²) in [4.78, 5) is 4.33. The van der Waals surface area contributed by atoms with Gasteiger partial charge in [-0.15, -0.1) is 24.0 Å². The molecule has 1 unspecified atom stereocenters. The lowest BCUT2D eigenvalue weighted by atomic mass is 9.94. The van der Waals surface area contributed by atoms with E-state index in [-0.39, 0.29) is 29.6 Å². The van der Waals surface area contributed by atoms with Crippen molar-refractivity contribution in [3.8, 4) is 0 Å². The van der Waals surface area contributed by atoms with E-state index in [0.29, 0.717) is 0 Å². The Morgan fingerprint density at radius 3 is 2.48 bits per heavy atom. The van der Waals surface area contributed by atoms with E-state index >= 15 is 0 Å². The van der Waals surface area contributed by atoms with Crippen LogP contribution in [0.4, 0.5) is 0 Å². The van der Waals surface area contributed by atoms with Gasteiger partial charge in [0.2, 0.25) is 0 Å².